The molecule has 9 heteroatoms. The summed E-state index contributed by atoms with van der Waals surface area (Å²) in [7, 11) is 0. The Balaban J connectivity index is 1.36. The molecule has 2 heterocycles. The first kappa shape index (κ1) is 19.2. The number of nitrogens with one attached hydrogen (secondary N) is 1. The minimum Gasteiger partial charge on any atom is -0.330 e. The van der Waals surface area contributed by atoms with Crippen molar-refractivity contribution >= 4 is 51.6 Å². The Labute approximate surface area is 174 Å². The molecule has 2 aromatic carbocycles. The van der Waals surface area contributed by atoms with E-state index in [-0.39, 0.29) is 22.9 Å². The first-order valence-corrected chi connectivity index (χ1v) is 11.5. The SMILES string of the molecule is O=C(CSc1nnc(Nc2ccccc2)s1)N1CCS[C@H]1c1ccccc1F. The number of amides is 1. The van der Waals surface area contributed by atoms with Crippen LogP contribution in [0.1, 0.15) is 10.9 Å². The quantitative estimate of drug-likeness (QED) is 0.566. The van der Waals surface area contributed by atoms with Crippen molar-refractivity contribution in [2.45, 2.75) is 9.71 Å². The summed E-state index contributed by atoms with van der Waals surface area (Å²) in [5, 5.41) is 11.9. The van der Waals surface area contributed by atoms with Crippen molar-refractivity contribution in [1.82, 2.24) is 15.1 Å². The van der Waals surface area contributed by atoms with Gasteiger partial charge in [0.15, 0.2) is 4.34 Å². The van der Waals surface area contributed by atoms with Gasteiger partial charge in [-0.1, -0.05) is 59.5 Å². The molecule has 1 N–H and O–H groups in total. The summed E-state index contributed by atoms with van der Waals surface area (Å²) >= 11 is 4.36. The van der Waals surface area contributed by atoms with E-state index in [1.54, 1.807) is 34.9 Å². The number of nitrogens with zero attached hydrogens (tertiary/aromatic N) is 3. The van der Waals surface area contributed by atoms with Gasteiger partial charge in [-0.2, -0.15) is 0 Å². The van der Waals surface area contributed by atoms with Crippen LogP contribution in [0.25, 0.3) is 0 Å². The number of para-hydroxylation sites is 1. The smallest absolute Gasteiger partial charge is 0.234 e. The fraction of sp³-hybridized carbons (Fsp3) is 0.211. The molecule has 1 fully saturated rings. The number of hydrogen-bond acceptors (Lipinski definition) is 7. The summed E-state index contributed by atoms with van der Waals surface area (Å²) in [5.41, 5.74) is 1.50. The number of aromatic nitrogens is 2. The zero-order valence-electron chi connectivity index (χ0n) is 14.7. The van der Waals surface area contributed by atoms with E-state index < -0.39 is 0 Å². The van der Waals surface area contributed by atoms with Gasteiger partial charge in [-0.25, -0.2) is 4.39 Å². The minimum atomic E-state index is -0.270. The summed E-state index contributed by atoms with van der Waals surface area (Å²) in [5.74, 6) is 0.773. The maximum atomic E-state index is 14.1. The van der Waals surface area contributed by atoms with Gasteiger partial charge in [0.05, 0.1) is 5.75 Å². The van der Waals surface area contributed by atoms with Gasteiger partial charge in [-0.05, 0) is 18.2 Å². The Morgan fingerprint density at radius 3 is 2.79 bits per heavy atom. The first-order chi connectivity index (χ1) is 13.7. The predicted molar refractivity (Wildman–Crippen MR) is 114 cm³/mol. The zero-order chi connectivity index (χ0) is 19.3. The van der Waals surface area contributed by atoms with E-state index in [9.17, 15) is 9.18 Å². The fourth-order valence-corrected chi connectivity index (χ4v) is 5.79. The second kappa shape index (κ2) is 8.93. The highest BCUT2D eigenvalue weighted by Crippen LogP contribution is 2.39. The molecule has 0 spiro atoms. The highest BCUT2D eigenvalue weighted by molar-refractivity contribution is 8.01. The van der Waals surface area contributed by atoms with Crippen LogP contribution in [0.5, 0.6) is 0 Å². The van der Waals surface area contributed by atoms with Crippen LogP contribution >= 0.6 is 34.9 Å². The molecule has 5 nitrogen and oxygen atoms in total. The van der Waals surface area contributed by atoms with Gasteiger partial charge < -0.3 is 10.2 Å². The lowest BCUT2D eigenvalue weighted by Gasteiger charge is -2.24. The van der Waals surface area contributed by atoms with Crippen LogP contribution in [-0.2, 0) is 4.79 Å². The van der Waals surface area contributed by atoms with Crippen LogP contribution in [-0.4, -0.2) is 39.1 Å². The molecular weight excluding hydrogens is 415 g/mol. The first-order valence-electron chi connectivity index (χ1n) is 8.64. The third-order valence-corrected chi connectivity index (χ3v) is 7.33. The Morgan fingerprint density at radius 2 is 1.96 bits per heavy atom. The van der Waals surface area contributed by atoms with E-state index in [1.807, 2.05) is 30.3 Å². The molecule has 1 aliphatic heterocycles. The van der Waals surface area contributed by atoms with E-state index in [0.29, 0.717) is 17.2 Å². The molecule has 0 saturated carbocycles. The van der Waals surface area contributed by atoms with Crippen molar-refractivity contribution in [3.8, 4) is 0 Å². The van der Waals surface area contributed by atoms with Crippen molar-refractivity contribution in [3.05, 3.63) is 66.0 Å². The molecule has 1 aromatic heterocycles. The number of anilines is 2. The summed E-state index contributed by atoms with van der Waals surface area (Å²) in [4.78, 5) is 14.5. The lowest BCUT2D eigenvalue weighted by atomic mass is 10.2. The minimum absolute atomic E-state index is 0.0176. The molecule has 0 unspecified atom stereocenters. The molecule has 0 aliphatic carbocycles. The summed E-state index contributed by atoms with van der Waals surface area (Å²) < 4.78 is 14.9. The molecule has 0 bridgehead atoms. The highest BCUT2D eigenvalue weighted by Gasteiger charge is 2.32. The number of carbonyl (C=O) groups excluding carboxylic acids is 1. The van der Waals surface area contributed by atoms with Gasteiger partial charge in [-0.15, -0.1) is 22.0 Å². The third-order valence-electron chi connectivity index (χ3n) is 4.13. The molecule has 28 heavy (non-hydrogen) atoms. The number of carbonyl (C=O) groups is 1. The van der Waals surface area contributed by atoms with Gasteiger partial charge in [0.1, 0.15) is 11.2 Å². The van der Waals surface area contributed by atoms with Crippen LogP contribution < -0.4 is 5.32 Å². The number of halogens is 1. The average molecular weight is 433 g/mol. The number of benzene rings is 2. The second-order valence-corrected chi connectivity index (χ2v) is 9.37. The molecule has 1 aliphatic rings. The maximum absolute atomic E-state index is 14.1. The van der Waals surface area contributed by atoms with Crippen LogP contribution in [0.15, 0.2) is 58.9 Å². The molecule has 4 rings (SSSR count). The summed E-state index contributed by atoms with van der Waals surface area (Å²) in [6.07, 6.45) is 0. The van der Waals surface area contributed by atoms with E-state index in [4.69, 9.17) is 0 Å². The average Bonchev–Trinajstić information content (AvgIpc) is 3.37. The predicted octanol–water partition coefficient (Wildman–Crippen LogP) is 4.79. The van der Waals surface area contributed by atoms with Crippen LogP contribution in [0.4, 0.5) is 15.2 Å². The molecule has 3 aromatic rings. The zero-order valence-corrected chi connectivity index (χ0v) is 17.2. The molecule has 1 saturated heterocycles. The fourth-order valence-electron chi connectivity index (χ4n) is 2.83. The summed E-state index contributed by atoms with van der Waals surface area (Å²) in [6.45, 7) is 0.625. The third kappa shape index (κ3) is 4.48. The van der Waals surface area contributed by atoms with Gasteiger partial charge in [0.2, 0.25) is 11.0 Å². The van der Waals surface area contributed by atoms with Crippen molar-refractivity contribution in [3.63, 3.8) is 0 Å². The van der Waals surface area contributed by atoms with Crippen LogP contribution in [0.2, 0.25) is 0 Å². The van der Waals surface area contributed by atoms with Crippen molar-refractivity contribution < 1.29 is 9.18 Å². The normalized spacial score (nSPS) is 16.3. The van der Waals surface area contributed by atoms with E-state index in [2.05, 4.69) is 15.5 Å². The van der Waals surface area contributed by atoms with Gasteiger partial charge >= 0.3 is 0 Å². The Hall–Kier alpha value is -2.10. The Kier molecular flexibility index (Phi) is 6.13. The van der Waals surface area contributed by atoms with E-state index in [0.717, 1.165) is 15.8 Å². The highest BCUT2D eigenvalue weighted by atomic mass is 32.2. The summed E-state index contributed by atoms with van der Waals surface area (Å²) in [6, 6.07) is 16.4. The molecule has 0 radical (unpaired) electrons. The van der Waals surface area contributed by atoms with Gasteiger partial charge in [0.25, 0.3) is 0 Å². The van der Waals surface area contributed by atoms with Crippen molar-refractivity contribution in [1.29, 1.82) is 0 Å². The van der Waals surface area contributed by atoms with Crippen LogP contribution in [0, 0.1) is 5.82 Å². The van der Waals surface area contributed by atoms with Gasteiger partial charge in [-0.3, -0.25) is 4.79 Å². The second-order valence-electron chi connectivity index (χ2n) is 5.98. The largest absolute Gasteiger partial charge is 0.330 e. The van der Waals surface area contributed by atoms with Gasteiger partial charge in [0, 0.05) is 23.5 Å². The van der Waals surface area contributed by atoms with Crippen LogP contribution in [0.3, 0.4) is 0 Å². The lowest BCUT2D eigenvalue weighted by Crippen LogP contribution is -2.32. The topological polar surface area (TPSA) is 58.1 Å². The number of hydrogen-bond donors (Lipinski definition) is 1. The van der Waals surface area contributed by atoms with Crippen molar-refractivity contribution in [2.75, 3.05) is 23.4 Å². The van der Waals surface area contributed by atoms with E-state index in [1.165, 1.54) is 29.2 Å². The molecule has 144 valence electrons. The lowest BCUT2D eigenvalue weighted by molar-refractivity contribution is -0.128. The maximum Gasteiger partial charge on any atom is 0.234 e. The van der Waals surface area contributed by atoms with Crippen molar-refractivity contribution in [2.24, 2.45) is 0 Å². The molecule has 1 amide bonds. The monoisotopic (exact) mass is 432 g/mol. The Morgan fingerprint density at radius 1 is 1.18 bits per heavy atom. The molecule has 1 atom stereocenters. The Bertz CT molecular complexity index is 953. The molecular formula is C19H17FN4OS3. The number of thioether (sulfide) groups is 2. The number of rotatable bonds is 6. The standard InChI is InChI=1S/C19H17FN4OS3/c20-15-9-5-4-8-14(15)17-24(10-11-26-17)16(25)12-27-19-23-22-18(28-19)21-13-6-2-1-3-7-13/h1-9,17H,10-12H2,(H,21,22)/t17-/m0/s1. The van der Waals surface area contributed by atoms with E-state index >= 15 is 0 Å².